The molecule has 2 aromatic rings. The van der Waals surface area contributed by atoms with Gasteiger partial charge in [0.25, 0.3) is 11.8 Å². The Labute approximate surface area is 178 Å². The zero-order valence-corrected chi connectivity index (χ0v) is 18.1. The lowest BCUT2D eigenvalue weighted by Crippen LogP contribution is -2.46. The van der Waals surface area contributed by atoms with Crippen LogP contribution in [0.25, 0.3) is 10.1 Å². The Kier molecular flexibility index (Phi) is 7.14. The predicted octanol–water partition coefficient (Wildman–Crippen LogP) is 3.91. The summed E-state index contributed by atoms with van der Waals surface area (Å²) in [4.78, 5) is 37.1. The fourth-order valence-corrected chi connectivity index (χ4v) is 4.95. The molecule has 3 rings (SSSR count). The first kappa shape index (κ1) is 21.6. The summed E-state index contributed by atoms with van der Waals surface area (Å²) in [5, 5.41) is 6.65. The Hall–Kier alpha value is -2.12. The lowest BCUT2D eigenvalue weighted by molar-refractivity contribution is -0.154. The molecule has 1 heterocycles. The fraction of sp³-hybridized carbons (Fsp3) is 0.476. The molecule has 1 aromatic heterocycles. The van der Waals surface area contributed by atoms with E-state index in [9.17, 15) is 14.4 Å². The first-order chi connectivity index (χ1) is 13.9. The molecule has 8 heteroatoms. The van der Waals surface area contributed by atoms with Crippen molar-refractivity contribution < 1.29 is 19.1 Å². The molecule has 156 valence electrons. The van der Waals surface area contributed by atoms with Gasteiger partial charge in [0, 0.05) is 16.1 Å². The normalized spacial score (nSPS) is 20.1. The number of carbonyl (C=O) groups excluding carboxylic acids is 3. The van der Waals surface area contributed by atoms with Crippen molar-refractivity contribution in [1.82, 2.24) is 10.6 Å². The summed E-state index contributed by atoms with van der Waals surface area (Å²) in [7, 11) is 0. The number of benzene rings is 1. The third-order valence-corrected chi connectivity index (χ3v) is 6.93. The van der Waals surface area contributed by atoms with Crippen LogP contribution in [0.15, 0.2) is 24.3 Å². The van der Waals surface area contributed by atoms with Crippen LogP contribution in [0.3, 0.4) is 0 Å². The highest BCUT2D eigenvalue weighted by Gasteiger charge is 2.26. The van der Waals surface area contributed by atoms with E-state index in [1.807, 2.05) is 24.3 Å². The number of esters is 1. The lowest BCUT2D eigenvalue weighted by Gasteiger charge is -2.30. The van der Waals surface area contributed by atoms with Gasteiger partial charge in [-0.2, -0.15) is 0 Å². The quantitative estimate of drug-likeness (QED) is 0.672. The van der Waals surface area contributed by atoms with E-state index in [4.69, 9.17) is 16.3 Å². The number of hydrogen-bond acceptors (Lipinski definition) is 5. The molecule has 1 aliphatic carbocycles. The summed E-state index contributed by atoms with van der Waals surface area (Å²) in [5.41, 5.74) is 0. The molecule has 0 aliphatic heterocycles. The summed E-state index contributed by atoms with van der Waals surface area (Å²) in [6.07, 6.45) is 3.39. The average Bonchev–Trinajstić information content (AvgIpc) is 3.05. The van der Waals surface area contributed by atoms with Gasteiger partial charge in [0.2, 0.25) is 0 Å². The van der Waals surface area contributed by atoms with Crippen molar-refractivity contribution in [2.45, 2.75) is 51.7 Å². The predicted molar refractivity (Wildman–Crippen MR) is 114 cm³/mol. The monoisotopic (exact) mass is 436 g/mol. The van der Waals surface area contributed by atoms with E-state index in [0.717, 1.165) is 29.3 Å². The van der Waals surface area contributed by atoms with E-state index in [1.165, 1.54) is 24.7 Å². The Balaban J connectivity index is 1.49. The van der Waals surface area contributed by atoms with Crippen LogP contribution >= 0.6 is 22.9 Å². The molecule has 29 heavy (non-hydrogen) atoms. The zero-order valence-electron chi connectivity index (χ0n) is 16.5. The number of hydrogen-bond donors (Lipinski definition) is 2. The number of amides is 2. The molecule has 0 unspecified atom stereocenters. The van der Waals surface area contributed by atoms with Crippen molar-refractivity contribution in [2.75, 3.05) is 6.54 Å². The number of thiophene rings is 1. The summed E-state index contributed by atoms with van der Waals surface area (Å²) in [6, 6.07) is 7.55. The largest absolute Gasteiger partial charge is 0.451 e. The van der Waals surface area contributed by atoms with Gasteiger partial charge in [0.1, 0.15) is 11.4 Å². The van der Waals surface area contributed by atoms with Crippen LogP contribution in [0.4, 0.5) is 0 Å². The van der Waals surface area contributed by atoms with Gasteiger partial charge in [-0.1, -0.05) is 49.6 Å². The molecule has 1 fully saturated rings. The summed E-state index contributed by atoms with van der Waals surface area (Å²) < 4.78 is 6.06. The molecule has 0 radical (unpaired) electrons. The van der Waals surface area contributed by atoms with Gasteiger partial charge in [0.05, 0.1) is 5.02 Å². The maximum Gasteiger partial charge on any atom is 0.326 e. The molecular formula is C21H25ClN2O4S. The van der Waals surface area contributed by atoms with Crippen LogP contribution in [0.2, 0.25) is 5.02 Å². The molecular weight excluding hydrogens is 412 g/mol. The van der Waals surface area contributed by atoms with E-state index in [1.54, 1.807) is 0 Å². The minimum absolute atomic E-state index is 0.118. The standard InChI is InChI=1S/C21H25ClN2O4S/c1-12-7-3-5-9-15(12)24-20(26)13(2)28-17(25)11-23-21(27)19-18(22)14-8-4-6-10-16(14)29-19/h4,6,8,10,12-13,15H,3,5,7,9,11H2,1-2H3,(H,23,27)(H,24,26)/t12-,13+,15-/m0/s1. The summed E-state index contributed by atoms with van der Waals surface area (Å²) in [5.74, 6) is -1.01. The molecule has 2 amide bonds. The van der Waals surface area contributed by atoms with Crippen LogP contribution in [0.5, 0.6) is 0 Å². The highest BCUT2D eigenvalue weighted by atomic mass is 35.5. The van der Waals surface area contributed by atoms with Gasteiger partial charge in [-0.3, -0.25) is 14.4 Å². The van der Waals surface area contributed by atoms with E-state index in [2.05, 4.69) is 17.6 Å². The molecule has 1 saturated carbocycles. The first-order valence-corrected chi connectivity index (χ1v) is 11.0. The van der Waals surface area contributed by atoms with Gasteiger partial charge >= 0.3 is 5.97 Å². The number of rotatable bonds is 6. The van der Waals surface area contributed by atoms with Crippen LogP contribution in [0, 0.1) is 5.92 Å². The summed E-state index contributed by atoms with van der Waals surface area (Å²) >= 11 is 7.54. The molecule has 3 atom stereocenters. The third-order valence-electron chi connectivity index (χ3n) is 5.25. The Morgan fingerprint density at radius 1 is 1.24 bits per heavy atom. The van der Waals surface area contributed by atoms with Gasteiger partial charge in [-0.15, -0.1) is 11.3 Å². The van der Waals surface area contributed by atoms with Crippen LogP contribution in [-0.4, -0.2) is 36.5 Å². The molecule has 0 spiro atoms. The molecule has 0 bridgehead atoms. The van der Waals surface area contributed by atoms with E-state index in [0.29, 0.717) is 15.8 Å². The highest BCUT2D eigenvalue weighted by Crippen LogP contribution is 2.34. The SMILES string of the molecule is C[C@@H](OC(=O)CNC(=O)c1sc2ccccc2c1Cl)C(=O)N[C@H]1CCCC[C@@H]1C. The van der Waals surface area contributed by atoms with Crippen molar-refractivity contribution in [3.63, 3.8) is 0 Å². The van der Waals surface area contributed by atoms with E-state index in [-0.39, 0.29) is 18.5 Å². The van der Waals surface area contributed by atoms with E-state index < -0.39 is 18.0 Å². The number of carbonyl (C=O) groups is 3. The second kappa shape index (κ2) is 9.59. The van der Waals surface area contributed by atoms with Crippen molar-refractivity contribution in [2.24, 2.45) is 5.92 Å². The minimum atomic E-state index is -0.915. The minimum Gasteiger partial charge on any atom is -0.451 e. The van der Waals surface area contributed by atoms with Gasteiger partial charge in [0.15, 0.2) is 6.10 Å². The maximum absolute atomic E-state index is 12.4. The first-order valence-electron chi connectivity index (χ1n) is 9.82. The molecule has 6 nitrogen and oxygen atoms in total. The van der Waals surface area contributed by atoms with Crippen molar-refractivity contribution in [3.05, 3.63) is 34.2 Å². The fourth-order valence-electron chi connectivity index (χ4n) is 3.52. The number of ether oxygens (including phenoxy) is 1. The smallest absolute Gasteiger partial charge is 0.326 e. The van der Waals surface area contributed by atoms with Crippen molar-refractivity contribution in [1.29, 1.82) is 0 Å². The maximum atomic E-state index is 12.4. The van der Waals surface area contributed by atoms with Gasteiger partial charge in [-0.25, -0.2) is 0 Å². The zero-order chi connectivity index (χ0) is 21.0. The average molecular weight is 437 g/mol. The van der Waals surface area contributed by atoms with Gasteiger partial charge in [-0.05, 0) is 31.7 Å². The topological polar surface area (TPSA) is 84.5 Å². The van der Waals surface area contributed by atoms with Crippen LogP contribution in [-0.2, 0) is 14.3 Å². The Morgan fingerprint density at radius 3 is 2.69 bits per heavy atom. The summed E-state index contributed by atoms with van der Waals surface area (Å²) in [6.45, 7) is 3.32. The Morgan fingerprint density at radius 2 is 1.97 bits per heavy atom. The van der Waals surface area contributed by atoms with Crippen molar-refractivity contribution in [3.8, 4) is 0 Å². The molecule has 1 aromatic carbocycles. The number of nitrogens with one attached hydrogen (secondary N) is 2. The second-order valence-corrected chi connectivity index (χ2v) is 8.86. The van der Waals surface area contributed by atoms with Crippen LogP contribution in [0.1, 0.15) is 49.2 Å². The van der Waals surface area contributed by atoms with Crippen LogP contribution < -0.4 is 10.6 Å². The Bertz CT molecular complexity index is 913. The van der Waals surface area contributed by atoms with Gasteiger partial charge < -0.3 is 15.4 Å². The number of halogens is 1. The number of fused-ring (bicyclic) bond motifs is 1. The molecule has 2 N–H and O–H groups in total. The molecule has 0 saturated heterocycles. The highest BCUT2D eigenvalue weighted by molar-refractivity contribution is 7.21. The third kappa shape index (κ3) is 5.28. The molecule has 1 aliphatic rings. The van der Waals surface area contributed by atoms with E-state index >= 15 is 0 Å². The van der Waals surface area contributed by atoms with Crippen molar-refractivity contribution >= 4 is 50.8 Å². The second-order valence-electron chi connectivity index (χ2n) is 7.43. The lowest BCUT2D eigenvalue weighted by atomic mass is 9.86.